The first kappa shape index (κ1) is 21.5. The monoisotopic (exact) mass is 394 g/mol. The average molecular weight is 395 g/mol. The number of urea groups is 1. The Bertz CT molecular complexity index is 630. The van der Waals surface area contributed by atoms with Gasteiger partial charge in [-0.3, -0.25) is 4.79 Å². The van der Waals surface area contributed by atoms with Crippen molar-refractivity contribution in [2.45, 2.75) is 32.7 Å². The van der Waals surface area contributed by atoms with Gasteiger partial charge in [0.25, 0.3) is 5.91 Å². The highest BCUT2D eigenvalue weighted by molar-refractivity contribution is 6.30. The van der Waals surface area contributed by atoms with Crippen molar-refractivity contribution in [2.75, 3.05) is 46.3 Å². The standard InChI is InChI=1S/C20H31ClN4O2/c1-16(2)23(3)10-5-4-9-22-20(27)25-13-11-24(12-14-25)19(26)17-7-6-8-18(21)15-17/h6-8,15-16H,4-5,9-14H2,1-3H3,(H,22,27). The second-order valence-corrected chi connectivity index (χ2v) is 7.74. The molecular formula is C20H31ClN4O2. The molecular weight excluding hydrogens is 364 g/mol. The van der Waals surface area contributed by atoms with Gasteiger partial charge >= 0.3 is 6.03 Å². The van der Waals surface area contributed by atoms with Crippen LogP contribution in [-0.4, -0.2) is 79.0 Å². The SMILES string of the molecule is CC(C)N(C)CCCCNC(=O)N1CCN(C(=O)c2cccc(Cl)c2)CC1. The molecule has 0 aliphatic carbocycles. The number of nitrogens with one attached hydrogen (secondary N) is 1. The summed E-state index contributed by atoms with van der Waals surface area (Å²) in [5.74, 6) is -0.0353. The van der Waals surface area contributed by atoms with Crippen molar-refractivity contribution in [3.05, 3.63) is 34.9 Å². The van der Waals surface area contributed by atoms with Crippen molar-refractivity contribution in [2.24, 2.45) is 0 Å². The minimum Gasteiger partial charge on any atom is -0.338 e. The molecule has 0 aromatic heterocycles. The van der Waals surface area contributed by atoms with E-state index >= 15 is 0 Å². The maximum absolute atomic E-state index is 12.5. The van der Waals surface area contributed by atoms with E-state index in [0.29, 0.717) is 49.4 Å². The number of rotatable bonds is 7. The summed E-state index contributed by atoms with van der Waals surface area (Å²) in [5.41, 5.74) is 0.590. The Kier molecular flexibility index (Phi) is 8.38. The van der Waals surface area contributed by atoms with Crippen LogP contribution in [0.4, 0.5) is 4.79 Å². The molecule has 2 rings (SSSR count). The largest absolute Gasteiger partial charge is 0.338 e. The zero-order valence-electron chi connectivity index (χ0n) is 16.6. The fourth-order valence-electron chi connectivity index (χ4n) is 2.97. The number of hydrogen-bond donors (Lipinski definition) is 1. The molecule has 1 aliphatic rings. The zero-order valence-corrected chi connectivity index (χ0v) is 17.3. The van der Waals surface area contributed by atoms with Crippen molar-refractivity contribution in [3.63, 3.8) is 0 Å². The van der Waals surface area contributed by atoms with Gasteiger partial charge in [-0.1, -0.05) is 17.7 Å². The molecule has 1 fully saturated rings. The first-order valence-electron chi connectivity index (χ1n) is 9.66. The lowest BCUT2D eigenvalue weighted by Gasteiger charge is -2.34. The topological polar surface area (TPSA) is 55.9 Å². The van der Waals surface area contributed by atoms with Crippen molar-refractivity contribution in [1.29, 1.82) is 0 Å². The first-order chi connectivity index (χ1) is 12.9. The van der Waals surface area contributed by atoms with E-state index in [0.717, 1.165) is 19.4 Å². The Morgan fingerprint density at radius 1 is 1.15 bits per heavy atom. The molecule has 150 valence electrons. The summed E-state index contributed by atoms with van der Waals surface area (Å²) < 4.78 is 0. The van der Waals surface area contributed by atoms with Crippen LogP contribution in [0, 0.1) is 0 Å². The van der Waals surface area contributed by atoms with Crippen LogP contribution in [0.3, 0.4) is 0 Å². The summed E-state index contributed by atoms with van der Waals surface area (Å²) in [7, 11) is 2.12. The third-order valence-corrected chi connectivity index (χ3v) is 5.26. The minimum absolute atomic E-state index is 0.0353. The van der Waals surface area contributed by atoms with Crippen molar-refractivity contribution in [3.8, 4) is 0 Å². The van der Waals surface area contributed by atoms with Crippen LogP contribution in [0.5, 0.6) is 0 Å². The third kappa shape index (κ3) is 6.70. The first-order valence-corrected chi connectivity index (χ1v) is 10.0. The van der Waals surface area contributed by atoms with Gasteiger partial charge in [0.05, 0.1) is 0 Å². The van der Waals surface area contributed by atoms with Gasteiger partial charge in [-0.15, -0.1) is 0 Å². The van der Waals surface area contributed by atoms with Crippen LogP contribution in [-0.2, 0) is 0 Å². The van der Waals surface area contributed by atoms with E-state index in [1.807, 2.05) is 0 Å². The fourth-order valence-corrected chi connectivity index (χ4v) is 3.16. The molecule has 0 radical (unpaired) electrons. The average Bonchev–Trinajstić information content (AvgIpc) is 2.66. The number of halogens is 1. The van der Waals surface area contributed by atoms with E-state index in [2.05, 4.69) is 31.1 Å². The van der Waals surface area contributed by atoms with Crippen molar-refractivity contribution in [1.82, 2.24) is 20.0 Å². The molecule has 1 N–H and O–H groups in total. The lowest BCUT2D eigenvalue weighted by molar-refractivity contribution is 0.0665. The molecule has 1 aliphatic heterocycles. The lowest BCUT2D eigenvalue weighted by Crippen LogP contribution is -2.53. The van der Waals surface area contributed by atoms with Gasteiger partial charge < -0.3 is 20.0 Å². The molecule has 1 aromatic rings. The van der Waals surface area contributed by atoms with Gasteiger partial charge in [0, 0.05) is 49.4 Å². The number of benzene rings is 1. The molecule has 7 heteroatoms. The number of hydrogen-bond acceptors (Lipinski definition) is 3. The summed E-state index contributed by atoms with van der Waals surface area (Å²) in [5, 5.41) is 3.54. The Morgan fingerprint density at radius 2 is 1.81 bits per heavy atom. The van der Waals surface area contributed by atoms with Crippen LogP contribution in [0.2, 0.25) is 5.02 Å². The fraction of sp³-hybridized carbons (Fsp3) is 0.600. The second kappa shape index (κ2) is 10.5. The molecule has 27 heavy (non-hydrogen) atoms. The molecule has 1 heterocycles. The van der Waals surface area contributed by atoms with E-state index < -0.39 is 0 Å². The quantitative estimate of drug-likeness (QED) is 0.723. The van der Waals surface area contributed by atoms with Crippen LogP contribution in [0.25, 0.3) is 0 Å². The molecule has 0 atom stereocenters. The zero-order chi connectivity index (χ0) is 19.8. The molecule has 1 saturated heterocycles. The molecule has 0 spiro atoms. The van der Waals surface area contributed by atoms with Gasteiger partial charge in [0.15, 0.2) is 0 Å². The van der Waals surface area contributed by atoms with Crippen molar-refractivity contribution >= 4 is 23.5 Å². The van der Waals surface area contributed by atoms with E-state index in [4.69, 9.17) is 11.6 Å². The Balaban J connectivity index is 1.67. The number of carbonyl (C=O) groups is 2. The minimum atomic E-state index is -0.0398. The highest BCUT2D eigenvalue weighted by Gasteiger charge is 2.24. The summed E-state index contributed by atoms with van der Waals surface area (Å²) in [6, 6.07) is 7.48. The Hall–Kier alpha value is -1.79. The van der Waals surface area contributed by atoms with Gasteiger partial charge in [-0.2, -0.15) is 0 Å². The predicted molar refractivity (Wildman–Crippen MR) is 109 cm³/mol. The highest BCUT2D eigenvalue weighted by atomic mass is 35.5. The number of amides is 3. The maximum Gasteiger partial charge on any atom is 0.317 e. The third-order valence-electron chi connectivity index (χ3n) is 5.02. The van der Waals surface area contributed by atoms with Gasteiger partial charge in [0.2, 0.25) is 0 Å². The van der Waals surface area contributed by atoms with E-state index in [1.165, 1.54) is 0 Å². The molecule has 1 aromatic carbocycles. The molecule has 3 amide bonds. The van der Waals surface area contributed by atoms with Gasteiger partial charge in [-0.25, -0.2) is 4.79 Å². The lowest BCUT2D eigenvalue weighted by atomic mass is 10.2. The van der Waals surface area contributed by atoms with Crippen LogP contribution < -0.4 is 5.32 Å². The van der Waals surface area contributed by atoms with Gasteiger partial charge in [0.1, 0.15) is 0 Å². The van der Waals surface area contributed by atoms with Crippen molar-refractivity contribution < 1.29 is 9.59 Å². The number of piperazine rings is 1. The van der Waals surface area contributed by atoms with E-state index in [-0.39, 0.29) is 11.9 Å². The summed E-state index contributed by atoms with van der Waals surface area (Å²) in [6.07, 6.45) is 2.03. The molecule has 6 nitrogen and oxygen atoms in total. The predicted octanol–water partition coefficient (Wildman–Crippen LogP) is 2.93. The summed E-state index contributed by atoms with van der Waals surface area (Å²) in [4.78, 5) is 30.7. The van der Waals surface area contributed by atoms with Crippen LogP contribution >= 0.6 is 11.6 Å². The van der Waals surface area contributed by atoms with Crippen LogP contribution in [0.15, 0.2) is 24.3 Å². The Morgan fingerprint density at radius 3 is 2.44 bits per heavy atom. The smallest absolute Gasteiger partial charge is 0.317 e. The van der Waals surface area contributed by atoms with Crippen LogP contribution in [0.1, 0.15) is 37.0 Å². The number of nitrogens with zero attached hydrogens (tertiary/aromatic N) is 3. The van der Waals surface area contributed by atoms with E-state index in [1.54, 1.807) is 34.1 Å². The second-order valence-electron chi connectivity index (χ2n) is 7.30. The summed E-state index contributed by atoms with van der Waals surface area (Å²) >= 11 is 5.96. The number of carbonyl (C=O) groups excluding carboxylic acids is 2. The van der Waals surface area contributed by atoms with Gasteiger partial charge in [-0.05, 0) is 58.5 Å². The Labute approximate surface area is 167 Å². The molecule has 0 bridgehead atoms. The molecule has 0 unspecified atom stereocenters. The highest BCUT2D eigenvalue weighted by Crippen LogP contribution is 2.14. The summed E-state index contributed by atoms with van der Waals surface area (Å²) in [6.45, 7) is 8.26. The van der Waals surface area contributed by atoms with E-state index in [9.17, 15) is 9.59 Å². The number of unbranched alkanes of at least 4 members (excludes halogenated alkanes) is 1. The maximum atomic E-state index is 12.5. The normalized spacial score (nSPS) is 14.7. The molecule has 0 saturated carbocycles.